The van der Waals surface area contributed by atoms with Crippen LogP contribution in [0, 0.1) is 11.8 Å². The average Bonchev–Trinajstić information content (AvgIpc) is 3.26. The highest BCUT2D eigenvalue weighted by molar-refractivity contribution is 6.10. The van der Waals surface area contributed by atoms with E-state index in [0.29, 0.717) is 28.2 Å². The number of methoxy groups -OCH3 is 1. The highest BCUT2D eigenvalue weighted by atomic mass is 16.5. The zero-order chi connectivity index (χ0) is 22.9. The molecule has 4 rings (SSSR count). The first-order valence-electron chi connectivity index (χ1n) is 9.62. The third-order valence-electron chi connectivity index (χ3n) is 5.29. The third-order valence-corrected chi connectivity index (χ3v) is 5.29. The summed E-state index contributed by atoms with van der Waals surface area (Å²) in [4.78, 5) is 43.1. The van der Waals surface area contributed by atoms with Gasteiger partial charge in [0.2, 0.25) is 5.54 Å². The number of imide groups is 1. The molecule has 10 nitrogen and oxygen atoms in total. The van der Waals surface area contributed by atoms with Crippen molar-refractivity contribution in [1.29, 1.82) is 0 Å². The molecule has 3 N–H and O–H groups in total. The summed E-state index contributed by atoms with van der Waals surface area (Å²) >= 11 is 0. The van der Waals surface area contributed by atoms with Crippen molar-refractivity contribution in [1.82, 2.24) is 20.5 Å². The number of hydrogen-bond donors (Lipinski definition) is 3. The molecule has 162 valence electrons. The number of nitrogens with one attached hydrogen (secondary N) is 2. The molecule has 0 radical (unpaired) electrons. The van der Waals surface area contributed by atoms with E-state index in [-0.39, 0.29) is 19.0 Å². The molecule has 32 heavy (non-hydrogen) atoms. The molecule has 2 aliphatic rings. The number of amides is 4. The molecule has 0 bridgehead atoms. The Bertz CT molecular complexity index is 1230. The van der Waals surface area contributed by atoms with E-state index in [2.05, 4.69) is 32.6 Å². The Kier molecular flexibility index (Phi) is 5.24. The molecule has 2 aromatic rings. The fraction of sp³-hybridized carbons (Fsp3) is 0.227. The zero-order valence-electron chi connectivity index (χ0n) is 17.3. The lowest BCUT2D eigenvalue weighted by molar-refractivity contribution is -0.122. The lowest BCUT2D eigenvalue weighted by Crippen LogP contribution is -2.54. The van der Waals surface area contributed by atoms with Crippen molar-refractivity contribution in [2.24, 2.45) is 5.16 Å². The summed E-state index contributed by atoms with van der Waals surface area (Å²) in [6.07, 6.45) is 2.99. The second-order valence-electron chi connectivity index (χ2n) is 7.40. The summed E-state index contributed by atoms with van der Waals surface area (Å²) < 4.78 is 5.19. The van der Waals surface area contributed by atoms with Gasteiger partial charge in [0.05, 0.1) is 19.4 Å². The van der Waals surface area contributed by atoms with Gasteiger partial charge < -0.3 is 20.2 Å². The minimum Gasteiger partial charge on any atom is -0.497 e. The molecule has 1 atom stereocenters. The lowest BCUT2D eigenvalue weighted by Gasteiger charge is -2.26. The molecule has 1 fully saturated rings. The van der Waals surface area contributed by atoms with Crippen molar-refractivity contribution in [3.8, 4) is 17.6 Å². The van der Waals surface area contributed by atoms with Crippen molar-refractivity contribution in [2.45, 2.75) is 19.0 Å². The zero-order valence-corrected chi connectivity index (χ0v) is 17.3. The largest absolute Gasteiger partial charge is 0.497 e. The number of oxime groups is 1. The SMILES string of the molecule is COc1ccc2c(c1)C(=O)N(C[C@@]1(C#Cc3cncc(/C(C)=N/O)c3)NC(=O)NC1=O)C2. The van der Waals surface area contributed by atoms with Crippen LogP contribution >= 0.6 is 0 Å². The van der Waals surface area contributed by atoms with Gasteiger partial charge >= 0.3 is 6.03 Å². The standard InChI is InChI=1S/C22H19N5O5/c1-13(26-31)16-7-14(9-23-10-16)5-6-22(20(29)24-21(30)25-22)12-27-11-15-3-4-17(32-2)8-18(15)19(27)28/h3-4,7-10,31H,11-12H2,1-2H3,(H2,24,25,29,30)/b26-13+/t22-/m1/s1. The second kappa shape index (κ2) is 8.03. The van der Waals surface area contributed by atoms with Crippen molar-refractivity contribution in [2.75, 3.05) is 13.7 Å². The summed E-state index contributed by atoms with van der Waals surface area (Å²) in [7, 11) is 1.51. The summed E-state index contributed by atoms with van der Waals surface area (Å²) in [5, 5.41) is 16.8. The number of benzene rings is 1. The van der Waals surface area contributed by atoms with Gasteiger partial charge in [-0.05, 0) is 30.7 Å². The van der Waals surface area contributed by atoms with Gasteiger partial charge in [0.15, 0.2) is 0 Å². The molecular weight excluding hydrogens is 414 g/mol. The number of ether oxygens (including phenoxy) is 1. The maximum absolute atomic E-state index is 12.9. The van der Waals surface area contributed by atoms with Crippen LogP contribution in [0.25, 0.3) is 0 Å². The predicted octanol–water partition coefficient (Wildman–Crippen LogP) is 0.874. The maximum atomic E-state index is 12.9. The molecule has 10 heteroatoms. The topological polar surface area (TPSA) is 133 Å². The van der Waals surface area contributed by atoms with Crippen molar-refractivity contribution < 1.29 is 24.3 Å². The first kappa shape index (κ1) is 20.9. The number of urea groups is 1. The van der Waals surface area contributed by atoms with E-state index in [1.807, 2.05) is 0 Å². The highest BCUT2D eigenvalue weighted by Gasteiger charge is 2.48. The Labute approximate surface area is 183 Å². The number of nitrogens with zero attached hydrogens (tertiary/aromatic N) is 3. The third kappa shape index (κ3) is 3.72. The Hall–Kier alpha value is -4.39. The summed E-state index contributed by atoms with van der Waals surface area (Å²) in [6, 6.07) is 6.14. The first-order chi connectivity index (χ1) is 15.3. The van der Waals surface area contributed by atoms with Crippen molar-refractivity contribution in [3.05, 3.63) is 58.9 Å². The number of aromatic nitrogens is 1. The fourth-order valence-electron chi connectivity index (χ4n) is 3.55. The van der Waals surface area contributed by atoms with E-state index in [1.165, 1.54) is 24.4 Å². The monoisotopic (exact) mass is 433 g/mol. The Balaban J connectivity index is 1.65. The van der Waals surface area contributed by atoms with Gasteiger partial charge in [-0.1, -0.05) is 23.1 Å². The molecule has 1 aromatic carbocycles. The Morgan fingerprint density at radius 3 is 2.81 bits per heavy atom. The number of carbonyl (C=O) groups is 3. The van der Waals surface area contributed by atoms with E-state index >= 15 is 0 Å². The van der Waals surface area contributed by atoms with E-state index in [1.54, 1.807) is 31.2 Å². The van der Waals surface area contributed by atoms with Crippen LogP contribution in [0.3, 0.4) is 0 Å². The maximum Gasteiger partial charge on any atom is 0.323 e. The predicted molar refractivity (Wildman–Crippen MR) is 112 cm³/mol. The van der Waals surface area contributed by atoms with E-state index < -0.39 is 17.5 Å². The summed E-state index contributed by atoms with van der Waals surface area (Å²) in [5.41, 5.74) is 0.979. The van der Waals surface area contributed by atoms with E-state index in [9.17, 15) is 14.4 Å². The van der Waals surface area contributed by atoms with E-state index in [4.69, 9.17) is 9.94 Å². The number of rotatable bonds is 4. The minimum absolute atomic E-state index is 0.141. The van der Waals surface area contributed by atoms with Crippen LogP contribution < -0.4 is 15.4 Å². The molecule has 0 spiro atoms. The second-order valence-corrected chi connectivity index (χ2v) is 7.40. The van der Waals surface area contributed by atoms with Gasteiger partial charge in [0.1, 0.15) is 5.75 Å². The molecule has 0 aliphatic carbocycles. The van der Waals surface area contributed by atoms with Crippen LogP contribution in [0.15, 0.2) is 41.8 Å². The van der Waals surface area contributed by atoms with E-state index in [0.717, 1.165) is 5.56 Å². The summed E-state index contributed by atoms with van der Waals surface area (Å²) in [5.74, 6) is 5.28. The number of hydrogen-bond acceptors (Lipinski definition) is 7. The van der Waals surface area contributed by atoms with Crippen LogP contribution in [0.4, 0.5) is 4.79 Å². The quantitative estimate of drug-likeness (QED) is 0.215. The van der Waals surface area contributed by atoms with Gasteiger partial charge in [0.25, 0.3) is 11.8 Å². The van der Waals surface area contributed by atoms with Crippen molar-refractivity contribution in [3.63, 3.8) is 0 Å². The lowest BCUT2D eigenvalue weighted by atomic mass is 9.99. The Morgan fingerprint density at radius 1 is 1.31 bits per heavy atom. The molecule has 3 heterocycles. The number of pyridine rings is 1. The Morgan fingerprint density at radius 2 is 2.12 bits per heavy atom. The van der Waals surface area contributed by atoms with Gasteiger partial charge in [-0.15, -0.1) is 0 Å². The van der Waals surface area contributed by atoms with Crippen LogP contribution in [0.5, 0.6) is 5.75 Å². The smallest absolute Gasteiger partial charge is 0.323 e. The van der Waals surface area contributed by atoms with Crippen molar-refractivity contribution >= 4 is 23.6 Å². The normalized spacial score (nSPS) is 19.8. The molecule has 4 amide bonds. The number of fused-ring (bicyclic) bond motifs is 1. The van der Waals surface area contributed by atoms with Crippen LogP contribution in [-0.2, 0) is 11.3 Å². The number of carbonyl (C=O) groups excluding carboxylic acids is 3. The molecule has 0 saturated carbocycles. The molecule has 2 aliphatic heterocycles. The summed E-state index contributed by atoms with van der Waals surface area (Å²) in [6.45, 7) is 1.73. The minimum atomic E-state index is -1.63. The van der Waals surface area contributed by atoms with Crippen LogP contribution in [0.1, 0.15) is 34.0 Å². The van der Waals surface area contributed by atoms with Gasteiger partial charge in [0, 0.05) is 35.6 Å². The first-order valence-corrected chi connectivity index (χ1v) is 9.62. The molecule has 1 aromatic heterocycles. The molecule has 0 unspecified atom stereocenters. The molecular formula is C22H19N5O5. The highest BCUT2D eigenvalue weighted by Crippen LogP contribution is 2.28. The molecule has 1 saturated heterocycles. The van der Waals surface area contributed by atoms with Gasteiger partial charge in [-0.3, -0.25) is 19.9 Å². The van der Waals surface area contributed by atoms with Crippen LogP contribution in [0.2, 0.25) is 0 Å². The van der Waals surface area contributed by atoms with Gasteiger partial charge in [-0.25, -0.2) is 4.79 Å². The average molecular weight is 433 g/mol. The van der Waals surface area contributed by atoms with Crippen LogP contribution in [-0.4, -0.2) is 57.8 Å². The van der Waals surface area contributed by atoms with Gasteiger partial charge in [-0.2, -0.15) is 0 Å². The fourth-order valence-corrected chi connectivity index (χ4v) is 3.55.